The highest BCUT2D eigenvalue weighted by Crippen LogP contribution is 2.31. The summed E-state index contributed by atoms with van der Waals surface area (Å²) in [6.45, 7) is 1.38. The number of hydrogen-bond donors (Lipinski definition) is 1. The third-order valence-corrected chi connectivity index (χ3v) is 4.91. The lowest BCUT2D eigenvalue weighted by Gasteiger charge is -2.26. The molecule has 1 aliphatic heterocycles. The van der Waals surface area contributed by atoms with Crippen molar-refractivity contribution in [2.24, 2.45) is 0 Å². The zero-order valence-corrected chi connectivity index (χ0v) is 15.4. The van der Waals surface area contributed by atoms with Crippen LogP contribution in [0.3, 0.4) is 0 Å². The molecule has 0 aliphatic carbocycles. The van der Waals surface area contributed by atoms with Gasteiger partial charge in [-0.3, -0.25) is 9.59 Å². The van der Waals surface area contributed by atoms with Gasteiger partial charge in [0.1, 0.15) is 28.2 Å². The van der Waals surface area contributed by atoms with Crippen LogP contribution in [0.15, 0.2) is 57.7 Å². The van der Waals surface area contributed by atoms with Crippen molar-refractivity contribution in [1.82, 2.24) is 4.90 Å². The van der Waals surface area contributed by atoms with Crippen molar-refractivity contribution in [3.05, 3.63) is 58.8 Å². The van der Waals surface area contributed by atoms with Gasteiger partial charge in [-0.15, -0.1) is 0 Å². The quantitative estimate of drug-likeness (QED) is 0.750. The molecular formula is C22H21NO5. The Labute approximate surface area is 162 Å². The second-order valence-corrected chi connectivity index (χ2v) is 6.89. The minimum atomic E-state index is -0.339. The number of amides is 1. The normalized spacial score (nSPS) is 14.2. The molecule has 1 aromatic heterocycles. The summed E-state index contributed by atoms with van der Waals surface area (Å²) in [6, 6.07) is 13.5. The van der Waals surface area contributed by atoms with E-state index in [2.05, 4.69) is 0 Å². The van der Waals surface area contributed by atoms with E-state index in [0.717, 1.165) is 37.9 Å². The molecule has 2 heterocycles. The van der Waals surface area contributed by atoms with Crippen molar-refractivity contribution in [1.29, 1.82) is 0 Å². The second-order valence-electron chi connectivity index (χ2n) is 6.89. The first-order valence-electron chi connectivity index (χ1n) is 9.39. The Kier molecular flexibility index (Phi) is 5.02. The fraction of sp³-hybridized carbons (Fsp3) is 0.273. The van der Waals surface area contributed by atoms with Crippen LogP contribution in [0.2, 0.25) is 0 Å². The van der Waals surface area contributed by atoms with Gasteiger partial charge in [-0.25, -0.2) is 0 Å². The Morgan fingerprint density at radius 1 is 1.07 bits per heavy atom. The number of carbonyl (C=O) groups is 1. The minimum absolute atomic E-state index is 0.0845. The zero-order chi connectivity index (χ0) is 19.5. The molecule has 1 fully saturated rings. The molecule has 0 bridgehead atoms. The van der Waals surface area contributed by atoms with E-state index in [9.17, 15) is 14.7 Å². The van der Waals surface area contributed by atoms with Crippen LogP contribution >= 0.6 is 0 Å². The molecule has 1 saturated heterocycles. The number of phenols is 1. The number of phenolic OH excluding ortho intramolecular Hbond substituents is 1. The van der Waals surface area contributed by atoms with E-state index in [1.807, 2.05) is 30.3 Å². The molecule has 144 valence electrons. The van der Waals surface area contributed by atoms with E-state index in [1.54, 1.807) is 4.90 Å². The van der Waals surface area contributed by atoms with Crippen molar-refractivity contribution < 1.29 is 19.1 Å². The molecule has 6 heteroatoms. The van der Waals surface area contributed by atoms with E-state index in [4.69, 9.17) is 9.15 Å². The number of hydrogen-bond acceptors (Lipinski definition) is 5. The summed E-state index contributed by atoms with van der Waals surface area (Å²) in [4.78, 5) is 26.5. The van der Waals surface area contributed by atoms with Gasteiger partial charge in [0.2, 0.25) is 0 Å². The summed E-state index contributed by atoms with van der Waals surface area (Å²) >= 11 is 0. The standard InChI is InChI=1S/C22H21NO5/c24-17-11-16(27-14-21(26)23-9-5-2-6-10-23)12-20-22(17)18(25)13-19(28-20)15-7-3-1-4-8-15/h1,3-4,7-8,11-13,24H,2,5-6,9-10,14H2. The Morgan fingerprint density at radius 3 is 2.57 bits per heavy atom. The largest absolute Gasteiger partial charge is 0.507 e. The van der Waals surface area contributed by atoms with Crippen molar-refractivity contribution >= 4 is 16.9 Å². The van der Waals surface area contributed by atoms with Crippen LogP contribution in [0.5, 0.6) is 11.5 Å². The van der Waals surface area contributed by atoms with Crippen molar-refractivity contribution in [2.75, 3.05) is 19.7 Å². The maximum Gasteiger partial charge on any atom is 0.260 e. The molecule has 0 atom stereocenters. The van der Waals surface area contributed by atoms with E-state index in [-0.39, 0.29) is 40.4 Å². The monoisotopic (exact) mass is 379 g/mol. The number of aromatic hydroxyl groups is 1. The van der Waals surface area contributed by atoms with Gasteiger partial charge in [0.05, 0.1) is 0 Å². The van der Waals surface area contributed by atoms with Gasteiger partial charge in [0.25, 0.3) is 5.91 Å². The molecule has 0 spiro atoms. The van der Waals surface area contributed by atoms with Gasteiger partial charge in [-0.05, 0) is 19.3 Å². The van der Waals surface area contributed by atoms with Crippen LogP contribution in [-0.4, -0.2) is 35.6 Å². The topological polar surface area (TPSA) is 80.0 Å². The number of ether oxygens (including phenoxy) is 1. The Hall–Kier alpha value is -3.28. The molecule has 1 aliphatic rings. The third-order valence-electron chi connectivity index (χ3n) is 4.91. The molecule has 6 nitrogen and oxygen atoms in total. The van der Waals surface area contributed by atoms with Gasteiger partial charge in [0, 0.05) is 36.9 Å². The van der Waals surface area contributed by atoms with Crippen LogP contribution in [0, 0.1) is 0 Å². The van der Waals surface area contributed by atoms with Crippen LogP contribution in [-0.2, 0) is 4.79 Å². The Morgan fingerprint density at radius 2 is 1.82 bits per heavy atom. The predicted octanol–water partition coefficient (Wildman–Crippen LogP) is 3.56. The summed E-state index contributed by atoms with van der Waals surface area (Å²) in [5.41, 5.74) is 0.632. The third kappa shape index (κ3) is 3.71. The summed E-state index contributed by atoms with van der Waals surface area (Å²) in [5, 5.41) is 10.4. The molecule has 3 aromatic rings. The fourth-order valence-corrected chi connectivity index (χ4v) is 3.45. The maximum absolute atomic E-state index is 12.5. The molecule has 0 radical (unpaired) electrons. The van der Waals surface area contributed by atoms with Crippen molar-refractivity contribution in [3.8, 4) is 22.8 Å². The molecule has 0 saturated carbocycles. The number of benzene rings is 2. The smallest absolute Gasteiger partial charge is 0.260 e. The zero-order valence-electron chi connectivity index (χ0n) is 15.4. The lowest BCUT2D eigenvalue weighted by Crippen LogP contribution is -2.38. The summed E-state index contributed by atoms with van der Waals surface area (Å²) in [5.74, 6) is 0.368. The number of piperidine rings is 1. The van der Waals surface area contributed by atoms with Gasteiger partial charge < -0.3 is 19.2 Å². The van der Waals surface area contributed by atoms with E-state index < -0.39 is 0 Å². The van der Waals surface area contributed by atoms with Gasteiger partial charge in [0.15, 0.2) is 12.0 Å². The van der Waals surface area contributed by atoms with Crippen LogP contribution in [0.1, 0.15) is 19.3 Å². The van der Waals surface area contributed by atoms with Crippen LogP contribution in [0.4, 0.5) is 0 Å². The minimum Gasteiger partial charge on any atom is -0.507 e. The predicted molar refractivity (Wildman–Crippen MR) is 106 cm³/mol. The first kappa shape index (κ1) is 18.1. The molecule has 1 N–H and O–H groups in total. The van der Waals surface area contributed by atoms with Gasteiger partial charge in [-0.1, -0.05) is 30.3 Å². The fourth-order valence-electron chi connectivity index (χ4n) is 3.45. The first-order valence-corrected chi connectivity index (χ1v) is 9.39. The highest BCUT2D eigenvalue weighted by molar-refractivity contribution is 5.86. The number of likely N-dealkylation sites (tertiary alicyclic amines) is 1. The molecule has 28 heavy (non-hydrogen) atoms. The lowest BCUT2D eigenvalue weighted by molar-refractivity contribution is -0.134. The number of rotatable bonds is 4. The summed E-state index contributed by atoms with van der Waals surface area (Å²) in [6.07, 6.45) is 3.16. The highest BCUT2D eigenvalue weighted by Gasteiger charge is 2.18. The van der Waals surface area contributed by atoms with E-state index >= 15 is 0 Å². The second kappa shape index (κ2) is 7.76. The molecular weight excluding hydrogens is 358 g/mol. The summed E-state index contributed by atoms with van der Waals surface area (Å²) in [7, 11) is 0. The van der Waals surface area contributed by atoms with Crippen molar-refractivity contribution in [3.63, 3.8) is 0 Å². The SMILES string of the molecule is O=C(COc1cc(O)c2c(=O)cc(-c3ccccc3)oc2c1)N1CCCCC1. The highest BCUT2D eigenvalue weighted by atomic mass is 16.5. The van der Waals surface area contributed by atoms with Gasteiger partial charge >= 0.3 is 0 Å². The van der Waals surface area contributed by atoms with Crippen LogP contribution in [0.25, 0.3) is 22.3 Å². The molecule has 2 aromatic carbocycles. The average Bonchev–Trinajstić information content (AvgIpc) is 2.72. The average molecular weight is 379 g/mol. The molecule has 4 rings (SSSR count). The first-order chi connectivity index (χ1) is 13.6. The maximum atomic E-state index is 12.5. The van der Waals surface area contributed by atoms with Gasteiger partial charge in [-0.2, -0.15) is 0 Å². The number of fused-ring (bicyclic) bond motifs is 1. The van der Waals surface area contributed by atoms with E-state index in [1.165, 1.54) is 18.2 Å². The van der Waals surface area contributed by atoms with E-state index in [0.29, 0.717) is 5.76 Å². The molecule has 0 unspecified atom stereocenters. The van der Waals surface area contributed by atoms with Crippen LogP contribution < -0.4 is 10.2 Å². The number of nitrogens with zero attached hydrogens (tertiary/aromatic N) is 1. The number of carbonyl (C=O) groups excluding carboxylic acids is 1. The van der Waals surface area contributed by atoms with Crippen molar-refractivity contribution in [2.45, 2.75) is 19.3 Å². The Balaban J connectivity index is 1.61. The summed E-state index contributed by atoms with van der Waals surface area (Å²) < 4.78 is 11.4. The molecule has 1 amide bonds. The lowest BCUT2D eigenvalue weighted by atomic mass is 10.1. The Bertz CT molecular complexity index is 1050.